The van der Waals surface area contributed by atoms with E-state index in [1.807, 2.05) is 17.7 Å². The molecule has 148 valence electrons. The van der Waals surface area contributed by atoms with Crippen molar-refractivity contribution in [1.82, 2.24) is 14.7 Å². The Bertz CT molecular complexity index is 785. The van der Waals surface area contributed by atoms with Crippen molar-refractivity contribution in [2.45, 2.75) is 59.4 Å². The quantitative estimate of drug-likeness (QED) is 0.781. The van der Waals surface area contributed by atoms with Gasteiger partial charge in [0.05, 0.1) is 31.1 Å². The fraction of sp³-hybridized carbons (Fsp3) is 0.571. The fourth-order valence-electron chi connectivity index (χ4n) is 3.62. The van der Waals surface area contributed by atoms with E-state index in [2.05, 4.69) is 42.9 Å². The minimum absolute atomic E-state index is 0.302. The van der Waals surface area contributed by atoms with E-state index in [-0.39, 0.29) is 6.61 Å². The number of rotatable bonds is 7. The zero-order valence-electron chi connectivity index (χ0n) is 16.8. The van der Waals surface area contributed by atoms with Crippen molar-refractivity contribution in [2.24, 2.45) is 0 Å². The second-order valence-electron chi connectivity index (χ2n) is 7.60. The summed E-state index contributed by atoms with van der Waals surface area (Å²) < 4.78 is 7.78. The highest BCUT2D eigenvalue weighted by molar-refractivity contribution is 5.44. The van der Waals surface area contributed by atoms with Crippen LogP contribution < -0.4 is 4.74 Å². The Balaban J connectivity index is 1.78. The van der Waals surface area contributed by atoms with Crippen molar-refractivity contribution in [3.63, 3.8) is 0 Å². The molecule has 6 heteroatoms. The minimum atomic E-state index is -0.904. The summed E-state index contributed by atoms with van der Waals surface area (Å²) in [7, 11) is 0. The Hall–Kier alpha value is -1.89. The molecule has 0 saturated carbocycles. The third kappa shape index (κ3) is 4.34. The first-order valence-electron chi connectivity index (χ1n) is 9.77. The van der Waals surface area contributed by atoms with E-state index in [1.54, 1.807) is 0 Å². The molecule has 2 heterocycles. The molecule has 27 heavy (non-hydrogen) atoms. The SMILES string of the molecule is CCOc1cc(C)c(CN2CCn3nc([C@H](O)CO)cc3C2)cc1C(C)C. The second-order valence-corrected chi connectivity index (χ2v) is 7.60. The Morgan fingerprint density at radius 1 is 1.22 bits per heavy atom. The zero-order valence-corrected chi connectivity index (χ0v) is 16.8. The summed E-state index contributed by atoms with van der Waals surface area (Å²) in [6.45, 7) is 12.3. The predicted octanol–water partition coefficient (Wildman–Crippen LogP) is 2.76. The first kappa shape index (κ1) is 19.9. The Labute approximate surface area is 161 Å². The summed E-state index contributed by atoms with van der Waals surface area (Å²) in [5.41, 5.74) is 5.46. The molecule has 1 aromatic carbocycles. The molecule has 0 fully saturated rings. The first-order valence-corrected chi connectivity index (χ1v) is 9.77. The lowest BCUT2D eigenvalue weighted by atomic mass is 9.96. The molecular weight excluding hydrogens is 342 g/mol. The topological polar surface area (TPSA) is 70.8 Å². The van der Waals surface area contributed by atoms with Crippen molar-refractivity contribution < 1.29 is 14.9 Å². The number of aromatic nitrogens is 2. The van der Waals surface area contributed by atoms with E-state index in [4.69, 9.17) is 9.84 Å². The molecule has 0 bridgehead atoms. The Kier molecular flexibility index (Phi) is 6.19. The summed E-state index contributed by atoms with van der Waals surface area (Å²) in [5, 5.41) is 23.4. The molecule has 0 amide bonds. The van der Waals surface area contributed by atoms with Crippen LogP contribution in [0.1, 0.15) is 60.9 Å². The summed E-state index contributed by atoms with van der Waals surface area (Å²) in [5.74, 6) is 1.41. The molecule has 2 N–H and O–H groups in total. The van der Waals surface area contributed by atoms with Gasteiger partial charge in [0.2, 0.25) is 0 Å². The van der Waals surface area contributed by atoms with Crippen LogP contribution in [-0.2, 0) is 19.6 Å². The van der Waals surface area contributed by atoms with E-state index in [9.17, 15) is 5.11 Å². The van der Waals surface area contributed by atoms with E-state index in [0.717, 1.165) is 37.6 Å². The van der Waals surface area contributed by atoms with E-state index >= 15 is 0 Å². The second kappa shape index (κ2) is 8.42. The van der Waals surface area contributed by atoms with Crippen LogP contribution in [0.3, 0.4) is 0 Å². The van der Waals surface area contributed by atoms with E-state index < -0.39 is 6.10 Å². The van der Waals surface area contributed by atoms with Gasteiger partial charge in [0.15, 0.2) is 0 Å². The van der Waals surface area contributed by atoms with Crippen LogP contribution in [0.15, 0.2) is 18.2 Å². The first-order chi connectivity index (χ1) is 12.9. The van der Waals surface area contributed by atoms with Crippen LogP contribution in [0, 0.1) is 6.92 Å². The molecule has 1 aliphatic rings. The summed E-state index contributed by atoms with van der Waals surface area (Å²) in [4.78, 5) is 2.40. The van der Waals surface area contributed by atoms with Gasteiger partial charge in [-0.25, -0.2) is 0 Å². The van der Waals surface area contributed by atoms with Crippen LogP contribution >= 0.6 is 0 Å². The van der Waals surface area contributed by atoms with Gasteiger partial charge in [0.25, 0.3) is 0 Å². The maximum absolute atomic E-state index is 9.82. The number of fused-ring (bicyclic) bond motifs is 1. The molecule has 1 aliphatic heterocycles. The lowest BCUT2D eigenvalue weighted by molar-refractivity contribution is 0.0915. The maximum Gasteiger partial charge on any atom is 0.123 e. The van der Waals surface area contributed by atoms with Gasteiger partial charge < -0.3 is 14.9 Å². The molecule has 2 aromatic rings. The predicted molar refractivity (Wildman–Crippen MR) is 105 cm³/mol. The molecule has 6 nitrogen and oxygen atoms in total. The van der Waals surface area contributed by atoms with Gasteiger partial charge in [0, 0.05) is 19.6 Å². The van der Waals surface area contributed by atoms with Gasteiger partial charge in [-0.1, -0.05) is 19.9 Å². The standard InChI is InChI=1S/C21H31N3O3/c1-5-27-21-8-15(4)16(9-18(21)14(2)3)11-23-6-7-24-17(12-23)10-19(22-24)20(26)13-25/h8-10,14,20,25-26H,5-7,11-13H2,1-4H3/t20-/m1/s1. The van der Waals surface area contributed by atoms with Gasteiger partial charge in [-0.15, -0.1) is 0 Å². The van der Waals surface area contributed by atoms with E-state index in [0.29, 0.717) is 18.2 Å². The summed E-state index contributed by atoms with van der Waals surface area (Å²) in [6.07, 6.45) is -0.904. The molecule has 0 saturated heterocycles. The van der Waals surface area contributed by atoms with Crippen molar-refractivity contribution in [2.75, 3.05) is 19.8 Å². The monoisotopic (exact) mass is 373 g/mol. The molecule has 0 radical (unpaired) electrons. The lowest BCUT2D eigenvalue weighted by Crippen LogP contribution is -2.33. The number of aryl methyl sites for hydroxylation is 1. The number of ether oxygens (including phenoxy) is 1. The average Bonchev–Trinajstić information content (AvgIpc) is 3.06. The van der Waals surface area contributed by atoms with Gasteiger partial charge in [-0.05, 0) is 48.6 Å². The van der Waals surface area contributed by atoms with Crippen LogP contribution in [0.25, 0.3) is 0 Å². The normalized spacial score (nSPS) is 15.8. The Morgan fingerprint density at radius 3 is 2.67 bits per heavy atom. The fourth-order valence-corrected chi connectivity index (χ4v) is 3.62. The van der Waals surface area contributed by atoms with Crippen LogP contribution in [-0.4, -0.2) is 44.7 Å². The van der Waals surface area contributed by atoms with Crippen LogP contribution in [0.5, 0.6) is 5.75 Å². The molecule has 1 atom stereocenters. The highest BCUT2D eigenvalue weighted by atomic mass is 16.5. The van der Waals surface area contributed by atoms with Crippen molar-refractivity contribution in [3.05, 3.63) is 46.3 Å². The maximum atomic E-state index is 9.82. The van der Waals surface area contributed by atoms with Crippen LogP contribution in [0.4, 0.5) is 0 Å². The molecule has 0 spiro atoms. The number of hydrogen-bond acceptors (Lipinski definition) is 5. The van der Waals surface area contributed by atoms with Gasteiger partial charge in [-0.3, -0.25) is 9.58 Å². The molecule has 0 aliphatic carbocycles. The average molecular weight is 373 g/mol. The molecular formula is C21H31N3O3. The van der Waals surface area contributed by atoms with E-state index in [1.165, 1.54) is 16.7 Å². The van der Waals surface area contributed by atoms with Crippen LogP contribution in [0.2, 0.25) is 0 Å². The largest absolute Gasteiger partial charge is 0.494 e. The van der Waals surface area contributed by atoms with Gasteiger partial charge >= 0.3 is 0 Å². The smallest absolute Gasteiger partial charge is 0.123 e. The highest BCUT2D eigenvalue weighted by Gasteiger charge is 2.22. The third-order valence-electron chi connectivity index (χ3n) is 5.19. The summed E-state index contributed by atoms with van der Waals surface area (Å²) in [6, 6.07) is 6.35. The number of aliphatic hydroxyl groups excluding tert-OH is 2. The molecule has 1 aromatic heterocycles. The number of nitrogens with zero attached hydrogens (tertiary/aromatic N) is 3. The van der Waals surface area contributed by atoms with Crippen molar-refractivity contribution in [3.8, 4) is 5.75 Å². The highest BCUT2D eigenvalue weighted by Crippen LogP contribution is 2.31. The lowest BCUT2D eigenvalue weighted by Gasteiger charge is -2.28. The molecule has 0 unspecified atom stereocenters. The van der Waals surface area contributed by atoms with Crippen molar-refractivity contribution >= 4 is 0 Å². The third-order valence-corrected chi connectivity index (χ3v) is 5.19. The number of benzene rings is 1. The minimum Gasteiger partial charge on any atom is -0.494 e. The van der Waals surface area contributed by atoms with Crippen molar-refractivity contribution in [1.29, 1.82) is 0 Å². The van der Waals surface area contributed by atoms with Gasteiger partial charge in [0.1, 0.15) is 11.9 Å². The molecule has 3 rings (SSSR count). The Morgan fingerprint density at radius 2 is 2.00 bits per heavy atom. The van der Waals surface area contributed by atoms with Gasteiger partial charge in [-0.2, -0.15) is 5.10 Å². The number of hydrogen-bond donors (Lipinski definition) is 2. The number of aliphatic hydroxyl groups is 2. The zero-order chi connectivity index (χ0) is 19.6. The summed E-state index contributed by atoms with van der Waals surface area (Å²) >= 11 is 0.